The molecule has 2 fully saturated rings. The van der Waals surface area contributed by atoms with Crippen LogP contribution in [0.4, 0.5) is 0 Å². The lowest BCUT2D eigenvalue weighted by atomic mass is 9.79. The van der Waals surface area contributed by atoms with Crippen molar-refractivity contribution in [1.29, 1.82) is 0 Å². The molecule has 0 spiro atoms. The smallest absolute Gasteiger partial charge is 0.222 e. The van der Waals surface area contributed by atoms with Crippen LogP contribution < -0.4 is 0 Å². The molecule has 3 aliphatic heterocycles. The van der Waals surface area contributed by atoms with E-state index in [0.29, 0.717) is 23.8 Å². The van der Waals surface area contributed by atoms with Gasteiger partial charge in [-0.15, -0.1) is 0 Å². The lowest BCUT2D eigenvalue weighted by Gasteiger charge is -2.37. The molecule has 5 nitrogen and oxygen atoms in total. The highest BCUT2D eigenvalue weighted by atomic mass is 35.5. The van der Waals surface area contributed by atoms with Gasteiger partial charge in [-0.05, 0) is 74.8 Å². The largest absolute Gasteiger partial charge is 0.343 e. The molecule has 0 aliphatic carbocycles. The molecular formula is C30H35ClN4O. The maximum atomic E-state index is 13.5. The molecule has 6 heteroatoms. The fourth-order valence-corrected chi connectivity index (χ4v) is 6.93. The first-order valence-electron chi connectivity index (χ1n) is 13.5. The Morgan fingerprint density at radius 2 is 1.83 bits per heavy atom. The normalized spacial score (nSPS) is 24.2. The number of rotatable bonds is 6. The van der Waals surface area contributed by atoms with Gasteiger partial charge in [0.2, 0.25) is 5.91 Å². The number of carbonyl (C=O) groups is 1. The standard InChI is InChI=1S/C30H35ClN4O/c1-22-5-4-17-34(22)21-23-13-18-33(19-14-23)28(36)12-15-30(24-8-10-25(31)11-9-24)27-7-3-2-6-26(27)29-32-16-20-35(29)30/h2-3,6-11,16,20,22-23H,4-5,12-15,17-19,21H2,1H3. The van der Waals surface area contributed by atoms with Crippen LogP contribution in [-0.2, 0) is 10.3 Å². The molecule has 0 N–H and O–H groups in total. The number of hydrogen-bond donors (Lipinski definition) is 0. The van der Waals surface area contributed by atoms with Crippen molar-refractivity contribution in [2.24, 2.45) is 5.92 Å². The van der Waals surface area contributed by atoms with Gasteiger partial charge in [-0.3, -0.25) is 4.79 Å². The lowest BCUT2D eigenvalue weighted by molar-refractivity contribution is -0.133. The molecular weight excluding hydrogens is 468 g/mol. The van der Waals surface area contributed by atoms with Crippen molar-refractivity contribution in [3.05, 3.63) is 77.1 Å². The average Bonchev–Trinajstić information content (AvgIpc) is 3.61. The number of piperidine rings is 1. The number of benzene rings is 2. The number of halogens is 1. The predicted molar refractivity (Wildman–Crippen MR) is 144 cm³/mol. The van der Waals surface area contributed by atoms with Crippen molar-refractivity contribution in [3.63, 3.8) is 0 Å². The summed E-state index contributed by atoms with van der Waals surface area (Å²) in [5.74, 6) is 1.94. The third-order valence-corrected chi connectivity index (χ3v) is 9.09. The molecule has 1 aromatic heterocycles. The SMILES string of the molecule is CC1CCCN1CC1CCN(C(=O)CCC2(c3ccc(Cl)cc3)c3ccccc3-c3nccn32)CC1. The second kappa shape index (κ2) is 9.68. The third-order valence-electron chi connectivity index (χ3n) is 8.84. The zero-order valence-corrected chi connectivity index (χ0v) is 21.8. The molecule has 3 aliphatic rings. The van der Waals surface area contributed by atoms with E-state index < -0.39 is 5.54 Å². The van der Waals surface area contributed by atoms with E-state index in [1.54, 1.807) is 0 Å². The van der Waals surface area contributed by atoms with E-state index in [1.165, 1.54) is 31.5 Å². The topological polar surface area (TPSA) is 41.4 Å². The molecule has 6 rings (SSSR count). The van der Waals surface area contributed by atoms with Crippen molar-refractivity contribution < 1.29 is 4.79 Å². The molecule has 188 valence electrons. The van der Waals surface area contributed by atoms with Crippen LogP contribution in [0.15, 0.2) is 60.9 Å². The molecule has 36 heavy (non-hydrogen) atoms. The Bertz CT molecular complexity index is 1230. The van der Waals surface area contributed by atoms with Gasteiger partial charge in [-0.1, -0.05) is 48.0 Å². The second-order valence-corrected chi connectivity index (χ2v) is 11.3. The van der Waals surface area contributed by atoms with E-state index in [2.05, 4.69) is 68.9 Å². The molecule has 4 heterocycles. The minimum atomic E-state index is -0.465. The van der Waals surface area contributed by atoms with E-state index in [1.807, 2.05) is 18.3 Å². The first-order chi connectivity index (χ1) is 17.6. The van der Waals surface area contributed by atoms with Crippen LogP contribution in [0.3, 0.4) is 0 Å². The van der Waals surface area contributed by atoms with Crippen molar-refractivity contribution in [3.8, 4) is 11.4 Å². The Morgan fingerprint density at radius 3 is 2.58 bits per heavy atom. The monoisotopic (exact) mass is 502 g/mol. The van der Waals surface area contributed by atoms with E-state index >= 15 is 0 Å². The summed E-state index contributed by atoms with van der Waals surface area (Å²) >= 11 is 6.26. The molecule has 2 unspecified atom stereocenters. The van der Waals surface area contributed by atoms with Gasteiger partial charge in [0.1, 0.15) is 5.82 Å². The van der Waals surface area contributed by atoms with Gasteiger partial charge in [-0.2, -0.15) is 0 Å². The predicted octanol–water partition coefficient (Wildman–Crippen LogP) is 5.81. The van der Waals surface area contributed by atoms with Crippen molar-refractivity contribution >= 4 is 17.5 Å². The Kier molecular flexibility index (Phi) is 6.38. The minimum absolute atomic E-state index is 0.266. The summed E-state index contributed by atoms with van der Waals surface area (Å²) in [6.07, 6.45) is 10.0. The van der Waals surface area contributed by atoms with E-state index in [-0.39, 0.29) is 5.91 Å². The van der Waals surface area contributed by atoms with E-state index in [4.69, 9.17) is 11.6 Å². The molecule has 2 aromatic carbocycles. The highest BCUT2D eigenvalue weighted by molar-refractivity contribution is 6.30. The number of imidazole rings is 1. The number of hydrogen-bond acceptors (Lipinski definition) is 3. The summed E-state index contributed by atoms with van der Waals surface area (Å²) in [7, 11) is 0. The van der Waals surface area contributed by atoms with Gasteiger partial charge in [0.15, 0.2) is 0 Å². The Labute approximate surface area is 219 Å². The first-order valence-corrected chi connectivity index (χ1v) is 13.9. The molecule has 2 saturated heterocycles. The Morgan fingerprint density at radius 1 is 1.06 bits per heavy atom. The summed E-state index contributed by atoms with van der Waals surface area (Å²) < 4.78 is 2.26. The minimum Gasteiger partial charge on any atom is -0.343 e. The Balaban J connectivity index is 1.20. The maximum absolute atomic E-state index is 13.5. The summed E-state index contributed by atoms with van der Waals surface area (Å²) in [6, 6.07) is 17.3. The van der Waals surface area contributed by atoms with Crippen LogP contribution >= 0.6 is 11.6 Å². The highest BCUT2D eigenvalue weighted by Gasteiger charge is 2.45. The summed E-state index contributed by atoms with van der Waals surface area (Å²) in [6.45, 7) is 6.56. The van der Waals surface area contributed by atoms with Gasteiger partial charge in [0.05, 0.1) is 5.54 Å². The quantitative estimate of drug-likeness (QED) is 0.427. The van der Waals surface area contributed by atoms with Crippen molar-refractivity contribution in [2.45, 2.75) is 57.0 Å². The summed E-state index contributed by atoms with van der Waals surface area (Å²) in [5, 5.41) is 0.716. The van der Waals surface area contributed by atoms with Gasteiger partial charge < -0.3 is 14.4 Å². The summed E-state index contributed by atoms with van der Waals surface area (Å²) in [5.41, 5.74) is 3.03. The van der Waals surface area contributed by atoms with Crippen LogP contribution in [0.25, 0.3) is 11.4 Å². The fraction of sp³-hybridized carbons (Fsp3) is 0.467. The molecule has 3 aromatic rings. The van der Waals surface area contributed by atoms with Crippen LogP contribution in [0.2, 0.25) is 5.02 Å². The van der Waals surface area contributed by atoms with Gasteiger partial charge in [0, 0.05) is 55.1 Å². The highest BCUT2D eigenvalue weighted by Crippen LogP contribution is 2.49. The van der Waals surface area contributed by atoms with Crippen molar-refractivity contribution in [2.75, 3.05) is 26.2 Å². The average molecular weight is 503 g/mol. The van der Waals surface area contributed by atoms with E-state index in [9.17, 15) is 4.79 Å². The number of nitrogens with zero attached hydrogens (tertiary/aromatic N) is 4. The maximum Gasteiger partial charge on any atom is 0.222 e. The van der Waals surface area contributed by atoms with Crippen LogP contribution in [0.5, 0.6) is 0 Å². The number of fused-ring (bicyclic) bond motifs is 3. The molecule has 0 bridgehead atoms. The van der Waals surface area contributed by atoms with Crippen LogP contribution in [0.1, 0.15) is 56.6 Å². The van der Waals surface area contributed by atoms with Crippen LogP contribution in [-0.4, -0.2) is 57.5 Å². The Hall–Kier alpha value is -2.63. The van der Waals surface area contributed by atoms with Gasteiger partial charge >= 0.3 is 0 Å². The van der Waals surface area contributed by atoms with E-state index in [0.717, 1.165) is 48.9 Å². The second-order valence-electron chi connectivity index (χ2n) is 10.8. The third kappa shape index (κ3) is 4.06. The zero-order chi connectivity index (χ0) is 24.7. The first kappa shape index (κ1) is 23.7. The molecule has 0 radical (unpaired) electrons. The van der Waals surface area contributed by atoms with Gasteiger partial charge in [-0.25, -0.2) is 4.98 Å². The summed E-state index contributed by atoms with van der Waals surface area (Å²) in [4.78, 5) is 23.0. The number of aromatic nitrogens is 2. The number of amides is 1. The van der Waals surface area contributed by atoms with Crippen molar-refractivity contribution in [1.82, 2.24) is 19.4 Å². The van der Waals surface area contributed by atoms with Crippen LogP contribution in [0, 0.1) is 5.92 Å². The van der Waals surface area contributed by atoms with Gasteiger partial charge in [0.25, 0.3) is 0 Å². The lowest BCUT2D eigenvalue weighted by Crippen LogP contribution is -2.43. The molecule has 0 saturated carbocycles. The number of carbonyl (C=O) groups excluding carboxylic acids is 1. The molecule has 2 atom stereocenters. The zero-order valence-electron chi connectivity index (χ0n) is 21.1. The number of likely N-dealkylation sites (tertiary alicyclic amines) is 2. The molecule has 1 amide bonds. The fourth-order valence-electron chi connectivity index (χ4n) is 6.81.